The van der Waals surface area contributed by atoms with E-state index in [-0.39, 0.29) is 28.4 Å². The van der Waals surface area contributed by atoms with Gasteiger partial charge in [0.1, 0.15) is 34.5 Å². The zero-order valence-electron chi connectivity index (χ0n) is 20.1. The van der Waals surface area contributed by atoms with Crippen LogP contribution in [0, 0.1) is 5.82 Å². The van der Waals surface area contributed by atoms with Crippen LogP contribution in [0.2, 0.25) is 0 Å². The fraction of sp³-hybridized carbons (Fsp3) is 0.261. The number of rotatable bonds is 9. The number of aliphatic hydroxyl groups is 1. The van der Waals surface area contributed by atoms with Crippen LogP contribution in [-0.2, 0) is 25.7 Å². The molecule has 0 radical (unpaired) electrons. The smallest absolute Gasteiger partial charge is 0.367 e. The number of carbonyl (C=O) groups excluding carboxylic acids is 2. The summed E-state index contributed by atoms with van der Waals surface area (Å²) in [4.78, 5) is 61.9. The summed E-state index contributed by atoms with van der Waals surface area (Å²) in [6.07, 6.45) is -1.85. The molecule has 5 rings (SSSR count). The zero-order chi connectivity index (χ0) is 28.7. The highest BCUT2D eigenvalue weighted by Crippen LogP contribution is 2.41. The molecule has 0 spiro atoms. The predicted molar refractivity (Wildman–Crippen MR) is 137 cm³/mol. The number of thioether (sulfide) groups is 2. The van der Waals surface area contributed by atoms with Gasteiger partial charge in [0.05, 0.1) is 0 Å². The highest BCUT2D eigenvalue weighted by atomic mass is 32.2. The van der Waals surface area contributed by atoms with Crippen molar-refractivity contribution >= 4 is 52.9 Å². The molecule has 3 atom stereocenters. The Labute approximate surface area is 231 Å². The molecule has 17 heteroatoms. The summed E-state index contributed by atoms with van der Waals surface area (Å²) >= 11 is 2.31. The van der Waals surface area contributed by atoms with Crippen molar-refractivity contribution in [3.63, 3.8) is 0 Å². The number of carboxylic acid groups (broad SMARTS) is 2. The van der Waals surface area contributed by atoms with Crippen molar-refractivity contribution in [1.82, 2.24) is 29.6 Å². The Morgan fingerprint density at radius 1 is 1.15 bits per heavy atom. The number of halogens is 1. The summed E-state index contributed by atoms with van der Waals surface area (Å²) in [6, 6.07) is 7.07. The van der Waals surface area contributed by atoms with Crippen LogP contribution in [0.15, 0.2) is 57.5 Å². The number of amides is 2. The molecule has 1 aromatic carbocycles. The van der Waals surface area contributed by atoms with Gasteiger partial charge >= 0.3 is 17.6 Å². The van der Waals surface area contributed by atoms with Gasteiger partial charge in [0, 0.05) is 17.1 Å². The molecule has 1 unspecified atom stereocenters. The van der Waals surface area contributed by atoms with Crippen LogP contribution in [0.5, 0.6) is 0 Å². The van der Waals surface area contributed by atoms with E-state index >= 15 is 0 Å². The van der Waals surface area contributed by atoms with Gasteiger partial charge in [0.25, 0.3) is 11.8 Å². The van der Waals surface area contributed by atoms with E-state index in [0.29, 0.717) is 10.6 Å². The summed E-state index contributed by atoms with van der Waals surface area (Å²) in [5.74, 6) is -4.76. The minimum Gasteiger partial charge on any atom is -0.480 e. The number of carbonyl (C=O) groups is 4. The van der Waals surface area contributed by atoms with E-state index in [9.17, 15) is 38.6 Å². The Morgan fingerprint density at radius 2 is 1.90 bits per heavy atom. The first-order chi connectivity index (χ1) is 19.1. The molecule has 0 saturated carbocycles. The average molecular weight is 591 g/mol. The summed E-state index contributed by atoms with van der Waals surface area (Å²) in [7, 11) is 0. The number of nitrogens with one attached hydrogen (secondary N) is 1. The van der Waals surface area contributed by atoms with Crippen LogP contribution < -0.4 is 11.0 Å². The molecule has 0 aliphatic carbocycles. The van der Waals surface area contributed by atoms with Crippen LogP contribution in [0.4, 0.5) is 4.39 Å². The maximum atomic E-state index is 14.0. The second-order valence-electron chi connectivity index (χ2n) is 8.64. The summed E-state index contributed by atoms with van der Waals surface area (Å²) in [6.45, 7) is -0.634. The van der Waals surface area contributed by atoms with Crippen molar-refractivity contribution in [2.75, 3.05) is 11.5 Å². The quantitative estimate of drug-likeness (QED) is 0.188. The minimum absolute atomic E-state index is 0.102. The molecule has 2 aliphatic rings. The van der Waals surface area contributed by atoms with E-state index < -0.39 is 59.3 Å². The van der Waals surface area contributed by atoms with Crippen molar-refractivity contribution in [2.45, 2.75) is 29.1 Å². The van der Waals surface area contributed by atoms with E-state index in [2.05, 4.69) is 15.5 Å². The lowest BCUT2D eigenvalue weighted by Crippen LogP contribution is -2.70. The molecule has 1 saturated heterocycles. The van der Waals surface area contributed by atoms with E-state index in [1.165, 1.54) is 36.0 Å². The molecular weight excluding hydrogens is 571 g/mol. The second-order valence-corrected chi connectivity index (χ2v) is 10.7. The number of carboxylic acids is 2. The number of aliphatic hydroxyl groups excluding tert-OH is 1. The van der Waals surface area contributed by atoms with Crippen LogP contribution in [0.3, 0.4) is 0 Å². The van der Waals surface area contributed by atoms with Crippen molar-refractivity contribution < 1.29 is 38.9 Å². The number of aliphatic carboxylic acids is 2. The number of aromatic nitrogens is 4. The molecule has 4 heterocycles. The van der Waals surface area contributed by atoms with Gasteiger partial charge < -0.3 is 20.6 Å². The molecule has 208 valence electrons. The monoisotopic (exact) mass is 590 g/mol. The third kappa shape index (κ3) is 4.93. The summed E-state index contributed by atoms with van der Waals surface area (Å²) in [5, 5.41) is 39.1. The molecule has 2 amide bonds. The van der Waals surface area contributed by atoms with Crippen LogP contribution in [0.25, 0.3) is 5.65 Å². The Hall–Kier alpha value is -4.22. The first kappa shape index (κ1) is 27.4. The number of nitrogens with zero attached hydrogens (tertiary/aromatic N) is 5. The highest BCUT2D eigenvalue weighted by molar-refractivity contribution is 8.01. The SMILES string of the molecule is O=C(O)Cn1nc2ccc(SCC3=C(C(=O)O)N4C(=O)C(NC(=O)[C@H](O)c5ccccc5F)[C@H]4SC3)nn2c1=O. The third-order valence-electron chi connectivity index (χ3n) is 6.09. The maximum Gasteiger partial charge on any atom is 0.367 e. The fourth-order valence-corrected chi connectivity index (χ4v) is 6.57. The lowest BCUT2D eigenvalue weighted by molar-refractivity contribution is -0.151. The van der Waals surface area contributed by atoms with Crippen molar-refractivity contribution in [3.8, 4) is 0 Å². The van der Waals surface area contributed by atoms with Crippen LogP contribution in [-0.4, -0.2) is 86.3 Å². The number of fused-ring (bicyclic) bond motifs is 2. The molecule has 2 aromatic heterocycles. The van der Waals surface area contributed by atoms with Crippen molar-refractivity contribution in [1.29, 1.82) is 0 Å². The van der Waals surface area contributed by atoms with E-state index in [1.807, 2.05) is 0 Å². The number of hydrogen-bond donors (Lipinski definition) is 4. The van der Waals surface area contributed by atoms with Gasteiger partial charge in [0.15, 0.2) is 11.8 Å². The van der Waals surface area contributed by atoms with Gasteiger partial charge in [-0.05, 0) is 23.8 Å². The Balaban J connectivity index is 1.29. The average Bonchev–Trinajstić information content (AvgIpc) is 3.23. The topological polar surface area (TPSA) is 196 Å². The lowest BCUT2D eigenvalue weighted by Gasteiger charge is -2.49. The predicted octanol–water partition coefficient (Wildman–Crippen LogP) is -0.321. The largest absolute Gasteiger partial charge is 0.480 e. The first-order valence-corrected chi connectivity index (χ1v) is 13.5. The summed E-state index contributed by atoms with van der Waals surface area (Å²) in [5.41, 5.74) is -0.709. The van der Waals surface area contributed by atoms with Crippen LogP contribution >= 0.6 is 23.5 Å². The highest BCUT2D eigenvalue weighted by Gasteiger charge is 2.54. The zero-order valence-corrected chi connectivity index (χ0v) is 21.8. The molecule has 0 bridgehead atoms. The fourth-order valence-electron chi connectivity index (χ4n) is 4.23. The van der Waals surface area contributed by atoms with Gasteiger partial charge in [-0.2, -0.15) is 14.3 Å². The molecule has 14 nitrogen and oxygen atoms in total. The normalized spacial score (nSPS) is 19.2. The van der Waals surface area contributed by atoms with E-state index in [1.54, 1.807) is 6.07 Å². The van der Waals surface area contributed by atoms with Crippen molar-refractivity contribution in [2.24, 2.45) is 0 Å². The van der Waals surface area contributed by atoms with Gasteiger partial charge in [-0.25, -0.2) is 14.0 Å². The van der Waals surface area contributed by atoms with Gasteiger partial charge in [-0.1, -0.05) is 18.2 Å². The number of β-lactam (4-membered cyclic amide) rings is 1. The first-order valence-electron chi connectivity index (χ1n) is 11.5. The Morgan fingerprint density at radius 3 is 2.60 bits per heavy atom. The molecule has 2 aliphatic heterocycles. The van der Waals surface area contributed by atoms with E-state index in [0.717, 1.165) is 31.9 Å². The number of hydrogen-bond acceptors (Lipinski definition) is 10. The van der Waals surface area contributed by atoms with Crippen molar-refractivity contribution in [3.05, 3.63) is 69.5 Å². The van der Waals surface area contributed by atoms with Gasteiger partial charge in [-0.15, -0.1) is 28.6 Å². The summed E-state index contributed by atoms with van der Waals surface area (Å²) < 4.78 is 15.6. The molecule has 4 N–H and O–H groups in total. The molecule has 1 fully saturated rings. The second kappa shape index (κ2) is 10.7. The van der Waals surface area contributed by atoms with Crippen LogP contribution in [0.1, 0.15) is 11.7 Å². The number of benzene rings is 1. The Kier molecular flexibility index (Phi) is 7.35. The maximum absolute atomic E-state index is 14.0. The van der Waals surface area contributed by atoms with E-state index in [4.69, 9.17) is 5.11 Å². The Bertz CT molecular complexity index is 1660. The van der Waals surface area contributed by atoms with Gasteiger partial charge in [-0.3, -0.25) is 19.3 Å². The third-order valence-corrected chi connectivity index (χ3v) is 8.44. The standard InChI is InChI=1S/C23H19FN6O8S2/c24-12-4-2-1-3-11(12)18(33)19(34)25-16-20(35)29-17(22(36)37)10(9-40-21(16)29)8-39-14-6-5-13-26-28(7-15(31)32)23(38)30(13)27-14/h1-6,16,18,21,33H,7-9H2,(H,25,34)(H,31,32)(H,36,37)/t16?,18-,21-/m1/s1. The molecule has 3 aromatic rings. The lowest BCUT2D eigenvalue weighted by atomic mass is 10.0. The molecular formula is C23H19FN6O8S2. The minimum atomic E-state index is -1.85. The molecule has 40 heavy (non-hydrogen) atoms. The van der Waals surface area contributed by atoms with Gasteiger partial charge in [0.2, 0.25) is 0 Å².